The van der Waals surface area contributed by atoms with Gasteiger partial charge in [0.15, 0.2) is 15.8 Å². The van der Waals surface area contributed by atoms with Crippen LogP contribution in [0.3, 0.4) is 0 Å². The molecular weight excluding hydrogens is 362 g/mol. The first-order chi connectivity index (χ1) is 13.1. The Balaban J connectivity index is 1.69. The van der Waals surface area contributed by atoms with Crippen LogP contribution in [0.1, 0.15) is 45.4 Å². The molecular formula is C20H33N3O3S. The molecule has 0 atom stereocenters. The average molecular weight is 396 g/mol. The highest BCUT2D eigenvalue weighted by Gasteiger charge is 2.14. The fourth-order valence-corrected chi connectivity index (χ4v) is 4.31. The summed E-state index contributed by atoms with van der Waals surface area (Å²) in [6.45, 7) is 4.44. The summed E-state index contributed by atoms with van der Waals surface area (Å²) in [6, 6.07) is 8.54. The minimum Gasteiger partial charge on any atom is -0.378 e. The van der Waals surface area contributed by atoms with Gasteiger partial charge in [0.05, 0.1) is 16.8 Å². The third kappa shape index (κ3) is 8.30. The number of nitrogens with one attached hydrogen (secondary N) is 2. The van der Waals surface area contributed by atoms with E-state index in [1.807, 2.05) is 13.0 Å². The molecule has 0 heterocycles. The molecule has 0 radical (unpaired) electrons. The third-order valence-corrected chi connectivity index (χ3v) is 6.32. The zero-order chi connectivity index (χ0) is 19.4. The first-order valence-electron chi connectivity index (χ1n) is 10.0. The van der Waals surface area contributed by atoms with Gasteiger partial charge in [0, 0.05) is 26.2 Å². The molecule has 0 spiro atoms. The largest absolute Gasteiger partial charge is 0.378 e. The van der Waals surface area contributed by atoms with Gasteiger partial charge in [-0.1, -0.05) is 37.5 Å². The van der Waals surface area contributed by atoms with E-state index in [-0.39, 0.29) is 5.75 Å². The summed E-state index contributed by atoms with van der Waals surface area (Å²) in [5, 5.41) is 6.26. The number of sulfone groups is 1. The van der Waals surface area contributed by atoms with Crippen LogP contribution in [-0.2, 0) is 14.6 Å². The molecule has 1 aromatic rings. The molecule has 0 saturated heterocycles. The zero-order valence-corrected chi connectivity index (χ0v) is 17.1. The van der Waals surface area contributed by atoms with Crippen LogP contribution in [0.15, 0.2) is 40.2 Å². The van der Waals surface area contributed by atoms with E-state index in [1.54, 1.807) is 24.3 Å². The summed E-state index contributed by atoms with van der Waals surface area (Å²) in [6.07, 6.45) is 7.56. The van der Waals surface area contributed by atoms with E-state index < -0.39 is 9.84 Å². The highest BCUT2D eigenvalue weighted by Crippen LogP contribution is 2.20. The number of ether oxygens (including phenoxy) is 1. The van der Waals surface area contributed by atoms with E-state index >= 15 is 0 Å². The third-order valence-electron chi connectivity index (χ3n) is 4.59. The Morgan fingerprint density at radius 2 is 1.89 bits per heavy atom. The SMILES string of the molecule is CCNC(=NCCCOC1CCCCC1)NCCS(=O)(=O)c1ccccc1. The molecule has 0 bridgehead atoms. The molecule has 152 valence electrons. The lowest BCUT2D eigenvalue weighted by Crippen LogP contribution is -2.39. The summed E-state index contributed by atoms with van der Waals surface area (Å²) >= 11 is 0. The molecule has 2 N–H and O–H groups in total. The average Bonchev–Trinajstić information content (AvgIpc) is 2.69. The molecule has 7 heteroatoms. The Hall–Kier alpha value is -1.60. The van der Waals surface area contributed by atoms with Crippen LogP contribution in [0.5, 0.6) is 0 Å². The van der Waals surface area contributed by atoms with Crippen molar-refractivity contribution in [3.63, 3.8) is 0 Å². The topological polar surface area (TPSA) is 79.8 Å². The lowest BCUT2D eigenvalue weighted by molar-refractivity contribution is 0.0281. The highest BCUT2D eigenvalue weighted by molar-refractivity contribution is 7.91. The summed E-state index contributed by atoms with van der Waals surface area (Å²) < 4.78 is 30.5. The number of hydrogen-bond donors (Lipinski definition) is 2. The fraction of sp³-hybridized carbons (Fsp3) is 0.650. The number of benzene rings is 1. The van der Waals surface area contributed by atoms with Crippen LogP contribution in [0, 0.1) is 0 Å². The van der Waals surface area contributed by atoms with Crippen molar-refractivity contribution in [2.24, 2.45) is 4.99 Å². The predicted octanol–water partition coefficient (Wildman–Crippen LogP) is 2.75. The molecule has 1 aliphatic carbocycles. The first-order valence-corrected chi connectivity index (χ1v) is 11.7. The van der Waals surface area contributed by atoms with E-state index in [1.165, 1.54) is 32.1 Å². The summed E-state index contributed by atoms with van der Waals surface area (Å²) in [5.74, 6) is 0.685. The maximum absolute atomic E-state index is 12.3. The van der Waals surface area contributed by atoms with Gasteiger partial charge >= 0.3 is 0 Å². The van der Waals surface area contributed by atoms with Crippen molar-refractivity contribution in [3.05, 3.63) is 30.3 Å². The standard InChI is InChI=1S/C20H33N3O3S/c1-2-21-20(22-14-9-16-26-18-10-5-3-6-11-18)23-15-17-27(24,25)19-12-7-4-8-13-19/h4,7-8,12-13,18H,2-3,5-6,9-11,14-17H2,1H3,(H2,21,22,23). The number of nitrogens with zero attached hydrogens (tertiary/aromatic N) is 1. The maximum Gasteiger partial charge on any atom is 0.191 e. The van der Waals surface area contributed by atoms with Crippen molar-refractivity contribution in [2.75, 3.05) is 32.0 Å². The smallest absolute Gasteiger partial charge is 0.191 e. The Bertz CT molecular complexity index is 656. The van der Waals surface area contributed by atoms with E-state index in [9.17, 15) is 8.42 Å². The van der Waals surface area contributed by atoms with Crippen molar-refractivity contribution in [1.82, 2.24) is 10.6 Å². The van der Waals surface area contributed by atoms with Crippen LogP contribution < -0.4 is 10.6 Å². The number of aliphatic imine (C=N–C) groups is 1. The van der Waals surface area contributed by atoms with E-state index in [4.69, 9.17) is 4.74 Å². The van der Waals surface area contributed by atoms with Crippen LogP contribution in [0.4, 0.5) is 0 Å². The normalized spacial score (nSPS) is 16.3. The van der Waals surface area contributed by atoms with Gasteiger partial charge in [-0.25, -0.2) is 8.42 Å². The molecule has 2 rings (SSSR count). The molecule has 1 aromatic carbocycles. The van der Waals surface area contributed by atoms with Crippen LogP contribution in [-0.4, -0.2) is 52.5 Å². The van der Waals surface area contributed by atoms with Gasteiger partial charge < -0.3 is 15.4 Å². The van der Waals surface area contributed by atoms with E-state index in [2.05, 4.69) is 15.6 Å². The molecule has 0 aromatic heterocycles. The zero-order valence-electron chi connectivity index (χ0n) is 16.3. The first kappa shape index (κ1) is 21.7. The van der Waals surface area contributed by atoms with Crippen LogP contribution >= 0.6 is 0 Å². The van der Waals surface area contributed by atoms with Gasteiger partial charge in [-0.2, -0.15) is 0 Å². The molecule has 0 aliphatic heterocycles. The van der Waals surface area contributed by atoms with E-state index in [0.717, 1.165) is 19.6 Å². The quantitative estimate of drug-likeness (QED) is 0.362. The van der Waals surface area contributed by atoms with Gasteiger partial charge in [-0.3, -0.25) is 4.99 Å². The van der Waals surface area contributed by atoms with Crippen molar-refractivity contribution in [3.8, 4) is 0 Å². The van der Waals surface area contributed by atoms with Crippen LogP contribution in [0.2, 0.25) is 0 Å². The molecule has 6 nitrogen and oxygen atoms in total. The molecule has 27 heavy (non-hydrogen) atoms. The highest BCUT2D eigenvalue weighted by atomic mass is 32.2. The van der Waals surface area contributed by atoms with Gasteiger partial charge in [0.2, 0.25) is 0 Å². The minimum absolute atomic E-state index is 0.0339. The summed E-state index contributed by atoms with van der Waals surface area (Å²) in [5.41, 5.74) is 0. The van der Waals surface area contributed by atoms with Gasteiger partial charge in [0.1, 0.15) is 0 Å². The molecule has 1 saturated carbocycles. The van der Waals surface area contributed by atoms with Gasteiger partial charge in [-0.05, 0) is 38.3 Å². The van der Waals surface area contributed by atoms with Crippen molar-refractivity contribution < 1.29 is 13.2 Å². The van der Waals surface area contributed by atoms with Crippen molar-refractivity contribution in [2.45, 2.75) is 56.4 Å². The minimum atomic E-state index is -3.28. The second-order valence-electron chi connectivity index (χ2n) is 6.80. The van der Waals surface area contributed by atoms with Crippen LogP contribution in [0.25, 0.3) is 0 Å². The molecule has 1 fully saturated rings. The lowest BCUT2D eigenvalue weighted by Gasteiger charge is -2.21. The predicted molar refractivity (Wildman–Crippen MR) is 110 cm³/mol. The second kappa shape index (κ2) is 12.0. The number of guanidine groups is 1. The fourth-order valence-electron chi connectivity index (χ4n) is 3.13. The van der Waals surface area contributed by atoms with E-state index in [0.29, 0.717) is 30.0 Å². The number of hydrogen-bond acceptors (Lipinski definition) is 4. The Morgan fingerprint density at radius 1 is 1.15 bits per heavy atom. The molecule has 0 amide bonds. The van der Waals surface area contributed by atoms with Crippen molar-refractivity contribution in [1.29, 1.82) is 0 Å². The Morgan fingerprint density at radius 3 is 2.59 bits per heavy atom. The number of rotatable bonds is 10. The lowest BCUT2D eigenvalue weighted by atomic mass is 9.98. The van der Waals surface area contributed by atoms with Gasteiger partial charge in [0.25, 0.3) is 0 Å². The maximum atomic E-state index is 12.3. The summed E-state index contributed by atoms with van der Waals surface area (Å²) in [4.78, 5) is 4.86. The molecule has 1 aliphatic rings. The van der Waals surface area contributed by atoms with Gasteiger partial charge in [-0.15, -0.1) is 0 Å². The second-order valence-corrected chi connectivity index (χ2v) is 8.91. The Kier molecular flexibility index (Phi) is 9.62. The molecule has 0 unspecified atom stereocenters. The Labute approximate surface area is 163 Å². The summed E-state index contributed by atoms with van der Waals surface area (Å²) in [7, 11) is -3.28. The monoisotopic (exact) mass is 395 g/mol. The van der Waals surface area contributed by atoms with Crippen molar-refractivity contribution >= 4 is 15.8 Å².